The second-order valence-corrected chi connectivity index (χ2v) is 6.51. The Kier molecular flexibility index (Phi) is 6.33. The van der Waals surface area contributed by atoms with Crippen molar-refractivity contribution in [2.24, 2.45) is 0 Å². The summed E-state index contributed by atoms with van der Waals surface area (Å²) in [5.41, 5.74) is -9.38. The summed E-state index contributed by atoms with van der Waals surface area (Å²) in [5.74, 6) is -1.15. The maximum Gasteiger partial charge on any atom is 0.435 e. The monoisotopic (exact) mass is 429 g/mol. The summed E-state index contributed by atoms with van der Waals surface area (Å²) in [5, 5.41) is -0.718. The fourth-order valence-corrected chi connectivity index (χ4v) is 3.10. The number of rotatable bonds is 5. The Morgan fingerprint density at radius 2 is 1.54 bits per heavy atom. The molecule has 9 heteroatoms. The Labute approximate surface area is 161 Å². The van der Waals surface area contributed by atoms with E-state index in [0.29, 0.717) is 18.9 Å². The highest BCUT2D eigenvalue weighted by molar-refractivity contribution is 6.33. The lowest BCUT2D eigenvalue weighted by molar-refractivity contribution is -0.348. The number of halogens is 9. The molecule has 1 radical (unpaired) electrons. The van der Waals surface area contributed by atoms with Gasteiger partial charge in [-0.05, 0) is 24.5 Å². The lowest BCUT2D eigenvalue weighted by Gasteiger charge is -2.32. The standard InChI is InChI=1S/C19H14ClF8/c1-2-3-6-11-9-13(17(22,18(23,24)25)19(26,27)28)16(14(20)10-11)12-7-4-5-8-15(12)21/h4-5,7-9H,2-3,6H2,1H3. The van der Waals surface area contributed by atoms with Crippen molar-refractivity contribution in [3.63, 3.8) is 0 Å². The number of hydrogen-bond donors (Lipinski definition) is 0. The Morgan fingerprint density at radius 1 is 0.964 bits per heavy atom. The van der Waals surface area contributed by atoms with Gasteiger partial charge >= 0.3 is 18.0 Å². The molecule has 2 rings (SSSR count). The van der Waals surface area contributed by atoms with E-state index in [1.54, 1.807) is 6.92 Å². The van der Waals surface area contributed by atoms with E-state index in [2.05, 4.69) is 6.07 Å². The van der Waals surface area contributed by atoms with Gasteiger partial charge in [-0.25, -0.2) is 8.78 Å². The predicted molar refractivity (Wildman–Crippen MR) is 89.2 cm³/mol. The van der Waals surface area contributed by atoms with Gasteiger partial charge in [0.05, 0.1) is 5.02 Å². The zero-order valence-electron chi connectivity index (χ0n) is 14.4. The van der Waals surface area contributed by atoms with Crippen LogP contribution in [0.5, 0.6) is 0 Å². The summed E-state index contributed by atoms with van der Waals surface area (Å²) in [7, 11) is 0. The van der Waals surface area contributed by atoms with Crippen molar-refractivity contribution in [3.05, 3.63) is 58.4 Å². The maximum absolute atomic E-state index is 14.9. The fourth-order valence-electron chi connectivity index (χ4n) is 2.77. The van der Waals surface area contributed by atoms with Crippen molar-refractivity contribution in [1.29, 1.82) is 0 Å². The number of alkyl halides is 7. The SMILES string of the molecule is CCCCc1[c]c(Cl)c(-c2ccccc2F)c(C(F)(C(F)(F)F)C(F)(F)F)c1. The Balaban J connectivity index is 2.93. The molecule has 0 saturated carbocycles. The highest BCUT2D eigenvalue weighted by Gasteiger charge is 2.74. The quantitative estimate of drug-likeness (QED) is 0.430. The number of benzene rings is 2. The van der Waals surface area contributed by atoms with Crippen LogP contribution in [-0.4, -0.2) is 12.4 Å². The zero-order chi connectivity index (χ0) is 21.3. The van der Waals surface area contributed by atoms with Crippen LogP contribution in [0.15, 0.2) is 30.3 Å². The van der Waals surface area contributed by atoms with E-state index in [4.69, 9.17) is 11.6 Å². The fraction of sp³-hybridized carbons (Fsp3) is 0.368. The van der Waals surface area contributed by atoms with Crippen molar-refractivity contribution in [3.8, 4) is 11.1 Å². The summed E-state index contributed by atoms with van der Waals surface area (Å²) >= 11 is 5.90. The van der Waals surface area contributed by atoms with Crippen LogP contribution < -0.4 is 0 Å². The molecule has 0 fully saturated rings. The van der Waals surface area contributed by atoms with Gasteiger partial charge < -0.3 is 0 Å². The summed E-state index contributed by atoms with van der Waals surface area (Å²) in [6, 6.07) is 6.98. The third kappa shape index (κ3) is 3.97. The normalized spacial score (nSPS) is 13.1. The molecular formula is C19H14ClF8. The van der Waals surface area contributed by atoms with E-state index >= 15 is 0 Å². The molecule has 28 heavy (non-hydrogen) atoms. The van der Waals surface area contributed by atoms with Gasteiger partial charge in [0, 0.05) is 22.8 Å². The van der Waals surface area contributed by atoms with Gasteiger partial charge in [0.2, 0.25) is 0 Å². The van der Waals surface area contributed by atoms with Gasteiger partial charge in [0.1, 0.15) is 5.82 Å². The summed E-state index contributed by atoms with van der Waals surface area (Å²) in [6.07, 6.45) is -11.7. The largest absolute Gasteiger partial charge is 0.435 e. The second kappa shape index (κ2) is 7.89. The van der Waals surface area contributed by atoms with E-state index < -0.39 is 45.6 Å². The molecule has 0 bridgehead atoms. The average molecular weight is 430 g/mol. The Hall–Kier alpha value is -1.83. The molecular weight excluding hydrogens is 416 g/mol. The molecule has 0 heterocycles. The Morgan fingerprint density at radius 3 is 2.04 bits per heavy atom. The summed E-state index contributed by atoms with van der Waals surface area (Å²) in [6.45, 7) is 1.75. The zero-order valence-corrected chi connectivity index (χ0v) is 15.2. The molecule has 0 unspecified atom stereocenters. The molecule has 0 aromatic heterocycles. The molecule has 2 aromatic carbocycles. The molecule has 0 nitrogen and oxygen atoms in total. The molecule has 0 aliphatic carbocycles. The van der Waals surface area contributed by atoms with Crippen LogP contribution in [0.2, 0.25) is 5.02 Å². The topological polar surface area (TPSA) is 0 Å². The lowest BCUT2D eigenvalue weighted by atomic mass is 9.85. The molecule has 2 aromatic rings. The molecule has 153 valence electrons. The van der Waals surface area contributed by atoms with Crippen LogP contribution in [0.25, 0.3) is 11.1 Å². The first kappa shape index (κ1) is 22.5. The van der Waals surface area contributed by atoms with Gasteiger partial charge in [-0.2, -0.15) is 26.3 Å². The van der Waals surface area contributed by atoms with E-state index in [-0.39, 0.29) is 12.0 Å². The highest BCUT2D eigenvalue weighted by Crippen LogP contribution is 2.56. The predicted octanol–water partition coefficient (Wildman–Crippen LogP) is 7.58. The van der Waals surface area contributed by atoms with Crippen LogP contribution in [0.4, 0.5) is 35.1 Å². The lowest BCUT2D eigenvalue weighted by Crippen LogP contribution is -2.50. The number of hydrogen-bond acceptors (Lipinski definition) is 0. The summed E-state index contributed by atoms with van der Waals surface area (Å²) < 4.78 is 109. The summed E-state index contributed by atoms with van der Waals surface area (Å²) in [4.78, 5) is 0. The molecule has 0 aliphatic heterocycles. The van der Waals surface area contributed by atoms with Crippen LogP contribution in [-0.2, 0) is 12.1 Å². The van der Waals surface area contributed by atoms with Gasteiger partial charge in [-0.1, -0.05) is 49.2 Å². The minimum Gasteiger partial charge on any atom is -0.218 e. The first-order valence-corrected chi connectivity index (χ1v) is 8.54. The Bertz CT molecular complexity index is 825. The van der Waals surface area contributed by atoms with Crippen molar-refractivity contribution < 1.29 is 35.1 Å². The molecule has 0 saturated heterocycles. The van der Waals surface area contributed by atoms with Crippen molar-refractivity contribution in [1.82, 2.24) is 0 Å². The van der Waals surface area contributed by atoms with Crippen LogP contribution in [0, 0.1) is 11.9 Å². The molecule has 0 atom stereocenters. The molecule has 0 aliphatic rings. The number of aryl methyl sites for hydroxylation is 1. The van der Waals surface area contributed by atoms with Crippen molar-refractivity contribution >= 4 is 11.6 Å². The highest BCUT2D eigenvalue weighted by atomic mass is 35.5. The molecule has 0 spiro atoms. The van der Waals surface area contributed by atoms with Crippen LogP contribution in [0.3, 0.4) is 0 Å². The smallest absolute Gasteiger partial charge is 0.218 e. The van der Waals surface area contributed by atoms with Gasteiger partial charge in [0.15, 0.2) is 0 Å². The van der Waals surface area contributed by atoms with Crippen LogP contribution >= 0.6 is 11.6 Å². The van der Waals surface area contributed by atoms with Gasteiger partial charge in [-0.15, -0.1) is 0 Å². The third-order valence-corrected chi connectivity index (χ3v) is 4.46. The van der Waals surface area contributed by atoms with Gasteiger partial charge in [-0.3, -0.25) is 0 Å². The molecule has 0 amide bonds. The second-order valence-electron chi connectivity index (χ2n) is 6.13. The molecule has 0 N–H and O–H groups in total. The van der Waals surface area contributed by atoms with E-state index in [1.165, 1.54) is 12.1 Å². The van der Waals surface area contributed by atoms with Gasteiger partial charge in [0.25, 0.3) is 0 Å². The minimum atomic E-state index is -6.35. The maximum atomic E-state index is 14.9. The van der Waals surface area contributed by atoms with E-state index in [1.807, 2.05) is 0 Å². The van der Waals surface area contributed by atoms with E-state index in [9.17, 15) is 35.1 Å². The van der Waals surface area contributed by atoms with Crippen molar-refractivity contribution in [2.75, 3.05) is 0 Å². The van der Waals surface area contributed by atoms with E-state index in [0.717, 1.165) is 12.1 Å². The first-order valence-electron chi connectivity index (χ1n) is 8.17. The number of unbranched alkanes of at least 4 members (excludes halogenated alkanes) is 1. The average Bonchev–Trinajstić information content (AvgIpc) is 2.57. The third-order valence-electron chi connectivity index (χ3n) is 4.17. The van der Waals surface area contributed by atoms with Crippen LogP contribution in [0.1, 0.15) is 30.9 Å². The van der Waals surface area contributed by atoms with Crippen molar-refractivity contribution in [2.45, 2.75) is 44.2 Å². The minimum absolute atomic E-state index is 0.0343. The first-order chi connectivity index (χ1) is 12.8.